The lowest BCUT2D eigenvalue weighted by molar-refractivity contribution is 0.0908. The molecule has 0 spiro atoms. The highest BCUT2D eigenvalue weighted by atomic mass is 16.2. The molecule has 2 N–H and O–H groups in total. The fraction of sp³-hybridized carbons (Fsp3) is 0.538. The molecule has 0 aromatic carbocycles. The number of imidazole rings is 1. The molecule has 0 bridgehead atoms. The van der Waals surface area contributed by atoms with Crippen LogP contribution >= 0.6 is 0 Å². The van der Waals surface area contributed by atoms with Crippen LogP contribution in [0.15, 0.2) is 24.4 Å². The van der Waals surface area contributed by atoms with E-state index >= 15 is 0 Å². The number of H-pyrrole nitrogens is 1. The Balaban J connectivity index is 1.69. The number of aromatic nitrogens is 3. The molecule has 7 nitrogen and oxygen atoms in total. The summed E-state index contributed by atoms with van der Waals surface area (Å²) in [5.41, 5.74) is 3.83. The Hall–Kier alpha value is -2.98. The third-order valence-electron chi connectivity index (χ3n) is 7.09. The van der Waals surface area contributed by atoms with Crippen LogP contribution in [0.25, 0.3) is 10.4 Å². The first-order valence-electron chi connectivity index (χ1n) is 11.9. The first-order chi connectivity index (χ1) is 15.7. The predicted octanol–water partition coefficient (Wildman–Crippen LogP) is 5.92. The van der Waals surface area contributed by atoms with Crippen molar-refractivity contribution in [1.29, 1.82) is 0 Å². The van der Waals surface area contributed by atoms with Gasteiger partial charge in [-0.15, -0.1) is 0 Å². The Labute approximate surface area is 196 Å². The topological polar surface area (TPSA) is 78.3 Å². The van der Waals surface area contributed by atoms with Crippen LogP contribution in [0.3, 0.4) is 0 Å². The molecule has 174 valence electrons. The molecule has 0 radical (unpaired) electrons. The quantitative estimate of drug-likeness (QED) is 0.559. The number of likely N-dealkylation sites (tertiary alicyclic amines) is 1. The summed E-state index contributed by atoms with van der Waals surface area (Å²) in [4.78, 5) is 30.6. The van der Waals surface area contributed by atoms with Crippen LogP contribution in [-0.2, 0) is 5.54 Å². The molecule has 7 heteroatoms. The molecule has 3 heterocycles. The number of allylic oxidation sites excluding steroid dienone is 2. The number of aromatic amines is 1. The Bertz CT molecular complexity index is 1100. The van der Waals surface area contributed by atoms with E-state index in [2.05, 4.69) is 58.8 Å². The maximum Gasteiger partial charge on any atom is 0.314 e. The highest BCUT2D eigenvalue weighted by molar-refractivity contribution is 6.03. The number of carbonyl (C=O) groups excluding carboxylic acids is 1. The fourth-order valence-electron chi connectivity index (χ4n) is 4.72. The zero-order chi connectivity index (χ0) is 23.6. The Morgan fingerprint density at radius 3 is 2.64 bits per heavy atom. The van der Waals surface area contributed by atoms with E-state index in [0.29, 0.717) is 5.69 Å². The lowest BCUT2D eigenvalue weighted by Crippen LogP contribution is -2.45. The van der Waals surface area contributed by atoms with Crippen molar-refractivity contribution >= 4 is 23.0 Å². The van der Waals surface area contributed by atoms with Crippen LogP contribution in [0.2, 0.25) is 0 Å². The Morgan fingerprint density at radius 1 is 1.24 bits per heavy atom. The van der Waals surface area contributed by atoms with Crippen LogP contribution in [0, 0.1) is 12.0 Å². The summed E-state index contributed by atoms with van der Waals surface area (Å²) in [5.74, 6) is 0.00510. The van der Waals surface area contributed by atoms with Gasteiger partial charge in [-0.25, -0.2) is 9.97 Å². The monoisotopic (exact) mass is 446 g/mol. The number of anilines is 1. The van der Waals surface area contributed by atoms with E-state index in [4.69, 9.17) is 11.6 Å². The zero-order valence-corrected chi connectivity index (χ0v) is 20.2. The second-order valence-corrected chi connectivity index (χ2v) is 10.5. The van der Waals surface area contributed by atoms with Crippen molar-refractivity contribution in [3.8, 4) is 0 Å². The molecule has 1 aliphatic heterocycles. The van der Waals surface area contributed by atoms with Crippen LogP contribution in [0.4, 0.5) is 11.5 Å². The van der Waals surface area contributed by atoms with Crippen molar-refractivity contribution in [2.24, 2.45) is 5.41 Å². The molecule has 2 aromatic heterocycles. The average Bonchev–Trinajstić information content (AvgIpc) is 3.30. The smallest absolute Gasteiger partial charge is 0.314 e. The normalized spacial score (nSPS) is 18.9. The second kappa shape index (κ2) is 9.11. The minimum absolute atomic E-state index is 0.128. The van der Waals surface area contributed by atoms with Crippen molar-refractivity contribution in [3.63, 3.8) is 0 Å². The number of amides is 1. The fourth-order valence-corrected chi connectivity index (χ4v) is 4.72. The van der Waals surface area contributed by atoms with Gasteiger partial charge in [0.1, 0.15) is 0 Å². The standard InChI is InChI=1S/C26H34N6O/c1-25(2)13-11-18(12-14-25)22-19(29-24(33)23-28-17-21(27-5)31-23)9-10-20(30-22)26(3,4)32-15-7-6-8-16-32/h9-11,17H,6-8,12-16H2,1-4H3,(H,28,31)(H,29,33). The predicted molar refractivity (Wildman–Crippen MR) is 131 cm³/mol. The summed E-state index contributed by atoms with van der Waals surface area (Å²) >= 11 is 0. The lowest BCUT2D eigenvalue weighted by atomic mass is 9.77. The number of nitrogens with zero attached hydrogens (tertiary/aromatic N) is 4. The molecule has 2 aromatic rings. The van der Waals surface area contributed by atoms with Gasteiger partial charge >= 0.3 is 5.91 Å². The van der Waals surface area contributed by atoms with Crippen LogP contribution < -0.4 is 5.32 Å². The van der Waals surface area contributed by atoms with Crippen LogP contribution in [0.5, 0.6) is 0 Å². The minimum Gasteiger partial charge on any atom is -0.363 e. The molecule has 1 aliphatic carbocycles. The second-order valence-electron chi connectivity index (χ2n) is 10.5. The summed E-state index contributed by atoms with van der Waals surface area (Å²) in [6.45, 7) is 18.3. The molecule has 1 saturated heterocycles. The molecule has 4 rings (SSSR count). The molecule has 1 fully saturated rings. The van der Waals surface area contributed by atoms with Gasteiger partial charge in [0, 0.05) is 0 Å². The van der Waals surface area contributed by atoms with Crippen LogP contribution in [0.1, 0.15) is 88.2 Å². The molecular weight excluding hydrogens is 412 g/mol. The number of pyridine rings is 1. The molecule has 33 heavy (non-hydrogen) atoms. The molecule has 1 amide bonds. The Kier molecular flexibility index (Phi) is 6.40. The van der Waals surface area contributed by atoms with E-state index < -0.39 is 0 Å². The first kappa shape index (κ1) is 23.2. The number of hydrogen-bond donors (Lipinski definition) is 2. The van der Waals surface area contributed by atoms with Gasteiger partial charge in [0.15, 0.2) is 0 Å². The highest BCUT2D eigenvalue weighted by Gasteiger charge is 2.32. The zero-order valence-electron chi connectivity index (χ0n) is 20.2. The third-order valence-corrected chi connectivity index (χ3v) is 7.09. The molecular formula is C26H34N6O. The number of hydrogen-bond acceptors (Lipinski definition) is 4. The van der Waals surface area contributed by atoms with Crippen molar-refractivity contribution in [1.82, 2.24) is 19.9 Å². The van der Waals surface area contributed by atoms with E-state index in [1.54, 1.807) is 0 Å². The van der Waals surface area contributed by atoms with Gasteiger partial charge < -0.3 is 10.2 Å². The van der Waals surface area contributed by atoms with Gasteiger partial charge in [0.2, 0.25) is 5.82 Å². The van der Waals surface area contributed by atoms with Gasteiger partial charge in [-0.05, 0) is 82.2 Å². The number of rotatable bonds is 5. The maximum absolute atomic E-state index is 12.8. The number of nitrogens with one attached hydrogen (secondary N) is 2. The number of piperidine rings is 1. The van der Waals surface area contributed by atoms with E-state index in [-0.39, 0.29) is 28.5 Å². The maximum atomic E-state index is 12.8. The van der Waals surface area contributed by atoms with Gasteiger partial charge in [-0.3, -0.25) is 14.7 Å². The summed E-state index contributed by atoms with van der Waals surface area (Å²) in [6, 6.07) is 4.01. The van der Waals surface area contributed by atoms with Gasteiger partial charge in [0.05, 0.1) is 28.8 Å². The van der Waals surface area contributed by atoms with Crippen molar-refractivity contribution in [2.75, 3.05) is 18.4 Å². The van der Waals surface area contributed by atoms with Crippen molar-refractivity contribution in [3.05, 3.63) is 53.0 Å². The minimum atomic E-state index is -0.368. The summed E-state index contributed by atoms with van der Waals surface area (Å²) < 4.78 is 0. The molecule has 0 atom stereocenters. The van der Waals surface area contributed by atoms with E-state index in [1.807, 2.05) is 12.1 Å². The Morgan fingerprint density at radius 2 is 2.00 bits per heavy atom. The summed E-state index contributed by atoms with van der Waals surface area (Å²) in [6.07, 6.45) is 10.4. The van der Waals surface area contributed by atoms with E-state index in [0.717, 1.165) is 43.7 Å². The van der Waals surface area contributed by atoms with E-state index in [1.165, 1.54) is 31.0 Å². The molecule has 0 unspecified atom stereocenters. The van der Waals surface area contributed by atoms with Gasteiger partial charge in [-0.1, -0.05) is 32.9 Å². The van der Waals surface area contributed by atoms with Crippen LogP contribution in [-0.4, -0.2) is 38.8 Å². The largest absolute Gasteiger partial charge is 0.363 e. The first-order valence-corrected chi connectivity index (χ1v) is 11.9. The third kappa shape index (κ3) is 5.01. The van der Waals surface area contributed by atoms with E-state index in [9.17, 15) is 4.79 Å². The number of carbonyl (C=O) groups is 1. The molecule has 0 saturated carbocycles. The summed E-state index contributed by atoms with van der Waals surface area (Å²) in [5, 5.41) is 2.99. The van der Waals surface area contributed by atoms with Gasteiger partial charge in [-0.2, -0.15) is 0 Å². The van der Waals surface area contributed by atoms with Gasteiger partial charge in [0.25, 0.3) is 5.82 Å². The SMILES string of the molecule is [C-]#[N+]c1cnc(C(=O)Nc2ccc(C(C)(C)N3CCCCC3)nc2C2=CCC(C)(C)CC2)[nH]1. The average molecular weight is 447 g/mol. The molecule has 2 aliphatic rings. The van der Waals surface area contributed by atoms with Crippen molar-refractivity contribution < 1.29 is 4.79 Å². The van der Waals surface area contributed by atoms with Crippen molar-refractivity contribution in [2.45, 2.75) is 71.8 Å². The highest BCUT2D eigenvalue weighted by Crippen LogP contribution is 2.40. The summed E-state index contributed by atoms with van der Waals surface area (Å²) in [7, 11) is 0. The lowest BCUT2D eigenvalue weighted by Gasteiger charge is -2.41.